The molecule has 164 valence electrons. The van der Waals surface area contributed by atoms with Crippen LogP contribution in [0.1, 0.15) is 29.7 Å². The average molecular weight is 460 g/mol. The summed E-state index contributed by atoms with van der Waals surface area (Å²) in [5.74, 6) is 1.34. The van der Waals surface area contributed by atoms with Crippen molar-refractivity contribution in [2.75, 3.05) is 13.4 Å². The Hall–Kier alpha value is -2.54. The van der Waals surface area contributed by atoms with E-state index in [1.165, 1.54) is 6.26 Å². The number of halogens is 1. The van der Waals surface area contributed by atoms with Crippen LogP contribution in [0.4, 0.5) is 0 Å². The van der Waals surface area contributed by atoms with E-state index in [4.69, 9.17) is 21.1 Å². The zero-order chi connectivity index (χ0) is 22.4. The second-order valence-corrected chi connectivity index (χ2v) is 9.80. The van der Waals surface area contributed by atoms with Crippen molar-refractivity contribution in [1.29, 1.82) is 0 Å². The first-order valence-electron chi connectivity index (χ1n) is 9.84. The van der Waals surface area contributed by atoms with Crippen molar-refractivity contribution in [3.8, 4) is 11.5 Å². The highest BCUT2D eigenvalue weighted by atomic mass is 35.5. The molecule has 0 bridgehead atoms. The molecule has 31 heavy (non-hydrogen) atoms. The molecule has 3 aromatic rings. The number of benzene rings is 3. The Kier molecular flexibility index (Phi) is 7.59. The predicted molar refractivity (Wildman–Crippen MR) is 124 cm³/mol. The molecule has 0 spiro atoms. The van der Waals surface area contributed by atoms with E-state index in [-0.39, 0.29) is 6.04 Å². The van der Waals surface area contributed by atoms with Crippen molar-refractivity contribution in [3.05, 3.63) is 88.4 Å². The van der Waals surface area contributed by atoms with E-state index in [9.17, 15) is 8.42 Å². The predicted octanol–water partition coefficient (Wildman–Crippen LogP) is 5.18. The van der Waals surface area contributed by atoms with Gasteiger partial charge >= 0.3 is 0 Å². The lowest BCUT2D eigenvalue weighted by Gasteiger charge is -2.16. The molecule has 0 aliphatic rings. The number of nitrogens with one attached hydrogen (secondary N) is 1. The maximum atomic E-state index is 11.6. The summed E-state index contributed by atoms with van der Waals surface area (Å²) < 4.78 is 34.6. The van der Waals surface area contributed by atoms with E-state index >= 15 is 0 Å². The van der Waals surface area contributed by atoms with Gasteiger partial charge in [-0.25, -0.2) is 8.42 Å². The third kappa shape index (κ3) is 6.47. The molecule has 0 aromatic heterocycles. The molecule has 7 heteroatoms. The molecule has 3 aromatic carbocycles. The van der Waals surface area contributed by atoms with Crippen molar-refractivity contribution in [2.45, 2.75) is 31.0 Å². The number of hydrogen-bond acceptors (Lipinski definition) is 5. The SMILES string of the molecule is COc1cc(CNC(C)c2ccc(S(C)(=O)=O)cc2)ccc1OCc1ccc(Cl)cc1. The van der Waals surface area contributed by atoms with Gasteiger partial charge in [0.1, 0.15) is 6.61 Å². The van der Waals surface area contributed by atoms with Crippen molar-refractivity contribution < 1.29 is 17.9 Å². The molecular weight excluding hydrogens is 434 g/mol. The third-order valence-corrected chi connectivity index (χ3v) is 6.34. The highest BCUT2D eigenvalue weighted by Crippen LogP contribution is 2.29. The summed E-state index contributed by atoms with van der Waals surface area (Å²) in [4.78, 5) is 0.322. The molecule has 0 fully saturated rings. The molecule has 0 aliphatic carbocycles. The van der Waals surface area contributed by atoms with Crippen molar-refractivity contribution in [3.63, 3.8) is 0 Å². The number of ether oxygens (including phenoxy) is 2. The fourth-order valence-corrected chi connectivity index (χ4v) is 3.83. The molecule has 0 aliphatic heterocycles. The molecule has 0 radical (unpaired) electrons. The van der Waals surface area contributed by atoms with Gasteiger partial charge in [0.25, 0.3) is 0 Å². The molecule has 1 atom stereocenters. The van der Waals surface area contributed by atoms with E-state index in [1.54, 1.807) is 19.2 Å². The molecule has 5 nitrogen and oxygen atoms in total. The van der Waals surface area contributed by atoms with Gasteiger partial charge in [-0.1, -0.05) is 41.9 Å². The van der Waals surface area contributed by atoms with Gasteiger partial charge in [0.05, 0.1) is 12.0 Å². The van der Waals surface area contributed by atoms with Gasteiger partial charge in [-0.05, 0) is 60.0 Å². The van der Waals surface area contributed by atoms with E-state index in [0.29, 0.717) is 34.6 Å². The molecule has 0 saturated carbocycles. The molecular formula is C24H26ClNO4S. The minimum absolute atomic E-state index is 0.0560. The Morgan fingerprint density at radius 1 is 0.935 bits per heavy atom. The maximum absolute atomic E-state index is 11.6. The quantitative estimate of drug-likeness (QED) is 0.477. The van der Waals surface area contributed by atoms with Crippen LogP contribution in [0.25, 0.3) is 0 Å². The van der Waals surface area contributed by atoms with Gasteiger partial charge in [-0.2, -0.15) is 0 Å². The zero-order valence-corrected chi connectivity index (χ0v) is 19.3. The molecule has 1 N–H and O–H groups in total. The van der Waals surface area contributed by atoms with Gasteiger partial charge in [-0.15, -0.1) is 0 Å². The fourth-order valence-electron chi connectivity index (χ4n) is 3.08. The Morgan fingerprint density at radius 2 is 1.58 bits per heavy atom. The molecule has 0 saturated heterocycles. The topological polar surface area (TPSA) is 64.6 Å². The molecule has 3 rings (SSSR count). The summed E-state index contributed by atoms with van der Waals surface area (Å²) in [5.41, 5.74) is 3.09. The summed E-state index contributed by atoms with van der Waals surface area (Å²) in [5, 5.41) is 4.14. The number of hydrogen-bond donors (Lipinski definition) is 1. The molecule has 0 heterocycles. The van der Waals surface area contributed by atoms with Crippen LogP contribution in [-0.4, -0.2) is 21.8 Å². The van der Waals surface area contributed by atoms with Crippen LogP contribution in [0.2, 0.25) is 5.02 Å². The van der Waals surface area contributed by atoms with Crippen LogP contribution in [0.3, 0.4) is 0 Å². The minimum atomic E-state index is -3.19. The minimum Gasteiger partial charge on any atom is -0.493 e. The average Bonchev–Trinajstić information content (AvgIpc) is 2.76. The van der Waals surface area contributed by atoms with Crippen LogP contribution in [0.5, 0.6) is 11.5 Å². The van der Waals surface area contributed by atoms with Crippen molar-refractivity contribution in [2.24, 2.45) is 0 Å². The largest absolute Gasteiger partial charge is 0.493 e. The second-order valence-electron chi connectivity index (χ2n) is 7.34. The standard InChI is InChI=1S/C24H26ClNO4S/c1-17(20-7-11-22(12-8-20)31(3,27)28)26-15-19-6-13-23(24(14-19)29-2)30-16-18-4-9-21(25)10-5-18/h4-14,17,26H,15-16H2,1-3H3. The van der Waals surface area contributed by atoms with E-state index in [2.05, 4.69) is 5.32 Å². The third-order valence-electron chi connectivity index (χ3n) is 4.96. The highest BCUT2D eigenvalue weighted by molar-refractivity contribution is 7.90. The van der Waals surface area contributed by atoms with Gasteiger partial charge in [-0.3, -0.25) is 0 Å². The summed E-state index contributed by atoms with van der Waals surface area (Å²) in [6, 6.07) is 20.4. The van der Waals surface area contributed by atoms with Crippen LogP contribution >= 0.6 is 11.6 Å². The van der Waals surface area contributed by atoms with Crippen LogP contribution in [-0.2, 0) is 23.0 Å². The van der Waals surface area contributed by atoms with Gasteiger partial charge in [0.2, 0.25) is 0 Å². The van der Waals surface area contributed by atoms with Crippen molar-refractivity contribution in [1.82, 2.24) is 5.32 Å². The second kappa shape index (κ2) is 10.2. The molecule has 0 amide bonds. The lowest BCUT2D eigenvalue weighted by atomic mass is 10.1. The maximum Gasteiger partial charge on any atom is 0.175 e. The number of sulfone groups is 1. The summed E-state index contributed by atoms with van der Waals surface area (Å²) in [6.45, 7) is 3.09. The van der Waals surface area contributed by atoms with Gasteiger partial charge < -0.3 is 14.8 Å². The lowest BCUT2D eigenvalue weighted by molar-refractivity contribution is 0.284. The fraction of sp³-hybridized carbons (Fsp3) is 0.250. The summed E-state index contributed by atoms with van der Waals surface area (Å²) >= 11 is 5.92. The summed E-state index contributed by atoms with van der Waals surface area (Å²) in [6.07, 6.45) is 1.21. The van der Waals surface area contributed by atoms with E-state index < -0.39 is 9.84 Å². The van der Waals surface area contributed by atoms with Crippen LogP contribution < -0.4 is 14.8 Å². The van der Waals surface area contributed by atoms with E-state index in [1.807, 2.05) is 61.5 Å². The Balaban J connectivity index is 1.60. The number of methoxy groups -OCH3 is 1. The van der Waals surface area contributed by atoms with E-state index in [0.717, 1.165) is 16.7 Å². The normalized spacial score (nSPS) is 12.4. The Morgan fingerprint density at radius 3 is 2.19 bits per heavy atom. The number of rotatable bonds is 9. The zero-order valence-electron chi connectivity index (χ0n) is 17.8. The summed E-state index contributed by atoms with van der Waals surface area (Å²) in [7, 11) is -1.57. The van der Waals surface area contributed by atoms with Crippen molar-refractivity contribution >= 4 is 21.4 Å². The Bertz CT molecular complexity index is 1110. The first-order valence-corrected chi connectivity index (χ1v) is 12.1. The highest BCUT2D eigenvalue weighted by Gasteiger charge is 2.11. The first kappa shape index (κ1) is 23.1. The van der Waals surface area contributed by atoms with Crippen LogP contribution in [0.15, 0.2) is 71.6 Å². The van der Waals surface area contributed by atoms with Crippen LogP contribution in [0, 0.1) is 0 Å². The lowest BCUT2D eigenvalue weighted by Crippen LogP contribution is -2.18. The van der Waals surface area contributed by atoms with Gasteiger partial charge in [0.15, 0.2) is 21.3 Å². The smallest absolute Gasteiger partial charge is 0.175 e. The Labute approximate surface area is 188 Å². The van der Waals surface area contributed by atoms with Gasteiger partial charge in [0, 0.05) is 23.9 Å². The molecule has 1 unspecified atom stereocenters. The first-order chi connectivity index (χ1) is 14.8. The monoisotopic (exact) mass is 459 g/mol.